The van der Waals surface area contributed by atoms with Gasteiger partial charge in [-0.3, -0.25) is 13.9 Å². The maximum Gasteiger partial charge on any atom is 0.244 e. The van der Waals surface area contributed by atoms with Crippen molar-refractivity contribution in [3.05, 3.63) is 62.1 Å². The molecule has 0 spiro atoms. The minimum absolute atomic E-state index is 0.0609. The normalized spacial score (nSPS) is 12.2. The molecule has 2 aromatic carbocycles. The predicted molar refractivity (Wildman–Crippen MR) is 148 cm³/mol. The molecule has 0 fully saturated rings. The number of carbonyl (C=O) groups excluding carboxylic acids is 2. The molecular weight excluding hydrogens is 568 g/mol. The number of hydrogen-bond acceptors (Lipinski definition) is 4. The van der Waals surface area contributed by atoms with Gasteiger partial charge in [0.25, 0.3) is 0 Å². The fraction of sp³-hybridized carbons (Fsp3) is 0.417. The monoisotopic (exact) mass is 595 g/mol. The number of benzene rings is 2. The second-order valence-corrected chi connectivity index (χ2v) is 11.7. The molecule has 36 heavy (non-hydrogen) atoms. The first-order valence-corrected chi connectivity index (χ1v) is 14.7. The van der Waals surface area contributed by atoms with Crippen molar-refractivity contribution in [1.29, 1.82) is 0 Å². The lowest BCUT2D eigenvalue weighted by Gasteiger charge is -2.33. The number of rotatable bonds is 12. The quantitative estimate of drug-likeness (QED) is 0.314. The van der Waals surface area contributed by atoms with Crippen molar-refractivity contribution in [2.75, 3.05) is 23.7 Å². The van der Waals surface area contributed by atoms with E-state index in [1.54, 1.807) is 25.1 Å². The molecule has 12 heteroatoms. The molecule has 0 aliphatic heterocycles. The summed E-state index contributed by atoms with van der Waals surface area (Å²) in [5, 5.41) is 3.87. The Morgan fingerprint density at radius 1 is 1.00 bits per heavy atom. The molecule has 0 aliphatic rings. The molecule has 0 bridgehead atoms. The first kappa shape index (κ1) is 30.5. The highest BCUT2D eigenvalue weighted by molar-refractivity contribution is 7.92. The van der Waals surface area contributed by atoms with Crippen molar-refractivity contribution in [2.24, 2.45) is 0 Å². The Bertz CT molecular complexity index is 1170. The molecule has 7 nitrogen and oxygen atoms in total. The molecule has 0 saturated carbocycles. The fourth-order valence-electron chi connectivity index (χ4n) is 3.56. The van der Waals surface area contributed by atoms with Gasteiger partial charge < -0.3 is 10.2 Å². The van der Waals surface area contributed by atoms with Crippen LogP contribution >= 0.6 is 46.4 Å². The van der Waals surface area contributed by atoms with E-state index in [4.69, 9.17) is 46.4 Å². The molecule has 0 aromatic heterocycles. The largest absolute Gasteiger partial charge is 0.354 e. The van der Waals surface area contributed by atoms with Crippen LogP contribution in [0.4, 0.5) is 5.69 Å². The topological polar surface area (TPSA) is 86.8 Å². The molecule has 0 unspecified atom stereocenters. The summed E-state index contributed by atoms with van der Waals surface area (Å²) in [6.45, 7) is 3.53. The average molecular weight is 597 g/mol. The Morgan fingerprint density at radius 2 is 1.64 bits per heavy atom. The van der Waals surface area contributed by atoms with Crippen molar-refractivity contribution >= 4 is 73.9 Å². The van der Waals surface area contributed by atoms with E-state index in [-0.39, 0.29) is 29.6 Å². The van der Waals surface area contributed by atoms with E-state index in [1.165, 1.54) is 23.1 Å². The standard InChI is InChI=1S/C24H29Cl4N3O4S/c1-4-6-12-29-24(33)21(5-2)30(14-17-18(26)8-7-9-19(17)27)23(32)15-31(36(3,34)35)22-11-10-16(25)13-20(22)28/h7-11,13,21H,4-6,12,14-15H2,1-3H3,(H,29,33)/t21-/m1/s1. The van der Waals surface area contributed by atoms with Gasteiger partial charge in [-0.05, 0) is 43.2 Å². The van der Waals surface area contributed by atoms with E-state index in [9.17, 15) is 18.0 Å². The third kappa shape index (κ3) is 8.15. The highest BCUT2D eigenvalue weighted by Gasteiger charge is 2.33. The van der Waals surface area contributed by atoms with Crippen molar-refractivity contribution in [2.45, 2.75) is 45.7 Å². The Kier molecular flexibility index (Phi) is 11.6. The van der Waals surface area contributed by atoms with Gasteiger partial charge in [0.15, 0.2) is 0 Å². The molecule has 198 valence electrons. The average Bonchev–Trinajstić information content (AvgIpc) is 2.79. The Morgan fingerprint density at radius 3 is 2.17 bits per heavy atom. The minimum atomic E-state index is -3.94. The SMILES string of the molecule is CCCCNC(=O)[C@@H](CC)N(Cc1c(Cl)cccc1Cl)C(=O)CN(c1ccc(Cl)cc1Cl)S(C)(=O)=O. The van der Waals surface area contributed by atoms with Crippen LogP contribution in [-0.2, 0) is 26.2 Å². The zero-order valence-electron chi connectivity index (χ0n) is 20.2. The number of sulfonamides is 1. The van der Waals surface area contributed by atoms with E-state index < -0.39 is 28.5 Å². The van der Waals surface area contributed by atoms with Gasteiger partial charge in [-0.1, -0.05) is 72.7 Å². The second kappa shape index (κ2) is 13.7. The number of unbranched alkanes of at least 4 members (excludes halogenated alkanes) is 1. The van der Waals surface area contributed by atoms with Crippen LogP contribution < -0.4 is 9.62 Å². The van der Waals surface area contributed by atoms with E-state index in [2.05, 4.69) is 5.32 Å². The molecule has 1 atom stereocenters. The number of anilines is 1. The van der Waals surface area contributed by atoms with Gasteiger partial charge >= 0.3 is 0 Å². The molecule has 1 N–H and O–H groups in total. The predicted octanol–water partition coefficient (Wildman–Crippen LogP) is 5.79. The smallest absolute Gasteiger partial charge is 0.244 e. The summed E-state index contributed by atoms with van der Waals surface area (Å²) in [5.74, 6) is -0.974. The van der Waals surface area contributed by atoms with Crippen LogP contribution in [0.1, 0.15) is 38.7 Å². The van der Waals surface area contributed by atoms with Crippen LogP contribution in [0.5, 0.6) is 0 Å². The molecular formula is C24H29Cl4N3O4S. The van der Waals surface area contributed by atoms with Crippen LogP contribution in [0.15, 0.2) is 36.4 Å². The maximum atomic E-state index is 13.7. The summed E-state index contributed by atoms with van der Waals surface area (Å²) in [7, 11) is -3.94. The summed E-state index contributed by atoms with van der Waals surface area (Å²) in [6, 6.07) is 8.32. The van der Waals surface area contributed by atoms with Crippen molar-refractivity contribution in [3.63, 3.8) is 0 Å². The van der Waals surface area contributed by atoms with Crippen molar-refractivity contribution in [1.82, 2.24) is 10.2 Å². The van der Waals surface area contributed by atoms with Gasteiger partial charge in [-0.15, -0.1) is 0 Å². The van der Waals surface area contributed by atoms with Gasteiger partial charge in [0.05, 0.1) is 17.0 Å². The molecule has 0 saturated heterocycles. The molecule has 2 amide bonds. The number of carbonyl (C=O) groups is 2. The minimum Gasteiger partial charge on any atom is -0.354 e. The number of nitrogens with one attached hydrogen (secondary N) is 1. The zero-order valence-corrected chi connectivity index (χ0v) is 24.1. The second-order valence-electron chi connectivity index (χ2n) is 8.16. The Labute approximate surface area is 232 Å². The van der Waals surface area contributed by atoms with Gasteiger partial charge in [0, 0.05) is 33.7 Å². The van der Waals surface area contributed by atoms with Crippen LogP contribution in [0, 0.1) is 0 Å². The summed E-state index contributed by atoms with van der Waals surface area (Å²) in [6.07, 6.45) is 2.92. The summed E-state index contributed by atoms with van der Waals surface area (Å²) >= 11 is 24.9. The summed E-state index contributed by atoms with van der Waals surface area (Å²) < 4.78 is 26.3. The van der Waals surface area contributed by atoms with E-state index in [0.29, 0.717) is 27.2 Å². The third-order valence-corrected chi connectivity index (χ3v) is 7.84. The Hall–Kier alpha value is -1.71. The van der Waals surface area contributed by atoms with E-state index in [0.717, 1.165) is 23.4 Å². The van der Waals surface area contributed by atoms with Crippen LogP contribution in [-0.4, -0.2) is 50.5 Å². The highest BCUT2D eigenvalue weighted by Crippen LogP contribution is 2.31. The number of amides is 2. The Balaban J connectivity index is 2.50. The van der Waals surface area contributed by atoms with Gasteiger partial charge in [-0.25, -0.2) is 8.42 Å². The van der Waals surface area contributed by atoms with Gasteiger partial charge in [0.1, 0.15) is 12.6 Å². The summed E-state index contributed by atoms with van der Waals surface area (Å²) in [5.41, 5.74) is 0.539. The lowest BCUT2D eigenvalue weighted by atomic mass is 10.1. The summed E-state index contributed by atoms with van der Waals surface area (Å²) in [4.78, 5) is 28.1. The van der Waals surface area contributed by atoms with E-state index >= 15 is 0 Å². The lowest BCUT2D eigenvalue weighted by molar-refractivity contribution is -0.140. The third-order valence-electron chi connectivity index (χ3n) is 5.46. The van der Waals surface area contributed by atoms with Gasteiger partial charge in [0.2, 0.25) is 21.8 Å². The van der Waals surface area contributed by atoms with Crippen molar-refractivity contribution in [3.8, 4) is 0 Å². The molecule has 0 heterocycles. The number of halogens is 4. The first-order chi connectivity index (χ1) is 16.9. The van der Waals surface area contributed by atoms with Gasteiger partial charge in [-0.2, -0.15) is 0 Å². The molecule has 2 aromatic rings. The first-order valence-electron chi connectivity index (χ1n) is 11.3. The van der Waals surface area contributed by atoms with Crippen molar-refractivity contribution < 1.29 is 18.0 Å². The molecule has 0 radical (unpaired) electrons. The molecule has 2 rings (SSSR count). The number of nitrogens with zero attached hydrogens (tertiary/aromatic N) is 2. The van der Waals surface area contributed by atoms with Crippen LogP contribution in [0.25, 0.3) is 0 Å². The van der Waals surface area contributed by atoms with E-state index in [1.807, 2.05) is 6.92 Å². The van der Waals surface area contributed by atoms with Crippen LogP contribution in [0.3, 0.4) is 0 Å². The lowest BCUT2D eigenvalue weighted by Crippen LogP contribution is -2.52. The molecule has 0 aliphatic carbocycles. The van der Waals surface area contributed by atoms with Crippen LogP contribution in [0.2, 0.25) is 20.1 Å². The highest BCUT2D eigenvalue weighted by atomic mass is 35.5. The fourth-order valence-corrected chi connectivity index (χ4v) is 5.50. The maximum absolute atomic E-state index is 13.7. The zero-order chi connectivity index (χ0) is 27.0. The number of hydrogen-bond donors (Lipinski definition) is 1.